The van der Waals surface area contributed by atoms with E-state index in [1.165, 1.54) is 11.3 Å². The quantitative estimate of drug-likeness (QED) is 0.758. The molecule has 0 radical (unpaired) electrons. The maximum atomic E-state index is 5.84. The fourth-order valence-corrected chi connectivity index (χ4v) is 1.78. The van der Waals surface area contributed by atoms with Gasteiger partial charge in [0.15, 0.2) is 0 Å². The maximum absolute atomic E-state index is 5.84. The molecule has 1 rings (SSSR count). The van der Waals surface area contributed by atoms with Crippen molar-refractivity contribution in [3.63, 3.8) is 0 Å². The predicted octanol–water partition coefficient (Wildman–Crippen LogP) is 0.307. The summed E-state index contributed by atoms with van der Waals surface area (Å²) in [5, 5.41) is 4.25. The second-order valence-electron chi connectivity index (χ2n) is 4.03. The van der Waals surface area contributed by atoms with Crippen LogP contribution in [0.15, 0.2) is 6.20 Å². The topological polar surface area (TPSA) is 56.3 Å². The molecule has 0 aliphatic carbocycles. The smallest absolute Gasteiger partial charge is 0.0589 e. The van der Waals surface area contributed by atoms with E-state index in [0.717, 1.165) is 6.54 Å². The minimum atomic E-state index is 0.212. The predicted molar refractivity (Wildman–Crippen MR) is 64.2 cm³/mol. The Labute approximate surface area is 97.2 Å². The van der Waals surface area contributed by atoms with Crippen LogP contribution in [0.25, 0.3) is 0 Å². The van der Waals surface area contributed by atoms with Gasteiger partial charge in [0.2, 0.25) is 0 Å². The molecule has 5 heteroatoms. The zero-order valence-electron chi connectivity index (χ0n) is 10.6. The van der Waals surface area contributed by atoms with Crippen molar-refractivity contribution in [1.29, 1.82) is 0 Å². The van der Waals surface area contributed by atoms with Crippen LogP contribution in [0, 0.1) is 6.92 Å². The summed E-state index contributed by atoms with van der Waals surface area (Å²) in [6.45, 7) is 4.24. The standard InChI is InChI=1S/C11H22N4O/c1-9-10(8-13-15(9)3)11(7-12)14(2)5-6-16-4/h8,11H,5-7,12H2,1-4H3. The third-order valence-electron chi connectivity index (χ3n) is 3.04. The molecule has 5 nitrogen and oxygen atoms in total. The van der Waals surface area contributed by atoms with Crippen molar-refractivity contribution >= 4 is 0 Å². The van der Waals surface area contributed by atoms with Crippen LogP contribution >= 0.6 is 0 Å². The molecule has 92 valence electrons. The lowest BCUT2D eigenvalue weighted by Crippen LogP contribution is -2.33. The summed E-state index contributed by atoms with van der Waals surface area (Å²) in [4.78, 5) is 2.20. The maximum Gasteiger partial charge on any atom is 0.0589 e. The Morgan fingerprint density at radius 2 is 2.31 bits per heavy atom. The van der Waals surface area contributed by atoms with Gasteiger partial charge >= 0.3 is 0 Å². The number of rotatable bonds is 6. The molecule has 1 aromatic rings. The Kier molecular flexibility index (Phi) is 4.92. The second-order valence-corrected chi connectivity index (χ2v) is 4.03. The molecule has 0 amide bonds. The lowest BCUT2D eigenvalue weighted by molar-refractivity contribution is 0.140. The van der Waals surface area contributed by atoms with Crippen LogP contribution in [-0.4, -0.2) is 48.5 Å². The zero-order valence-corrected chi connectivity index (χ0v) is 10.6. The van der Waals surface area contributed by atoms with Crippen molar-refractivity contribution in [2.24, 2.45) is 12.8 Å². The molecule has 1 atom stereocenters. The first-order valence-electron chi connectivity index (χ1n) is 5.49. The molecule has 1 heterocycles. The highest BCUT2D eigenvalue weighted by Crippen LogP contribution is 2.20. The van der Waals surface area contributed by atoms with Gasteiger partial charge in [-0.2, -0.15) is 5.10 Å². The number of hydrogen-bond donors (Lipinski definition) is 1. The molecular formula is C11H22N4O. The van der Waals surface area contributed by atoms with Crippen molar-refractivity contribution in [3.05, 3.63) is 17.5 Å². The van der Waals surface area contributed by atoms with Crippen LogP contribution in [-0.2, 0) is 11.8 Å². The van der Waals surface area contributed by atoms with E-state index < -0.39 is 0 Å². The zero-order chi connectivity index (χ0) is 12.1. The molecule has 0 bridgehead atoms. The number of aryl methyl sites for hydroxylation is 1. The fourth-order valence-electron chi connectivity index (χ4n) is 1.78. The lowest BCUT2D eigenvalue weighted by Gasteiger charge is -2.26. The highest BCUT2D eigenvalue weighted by molar-refractivity contribution is 5.20. The summed E-state index contributed by atoms with van der Waals surface area (Å²) >= 11 is 0. The van der Waals surface area contributed by atoms with Crippen molar-refractivity contribution in [3.8, 4) is 0 Å². The number of hydrogen-bond acceptors (Lipinski definition) is 4. The van der Waals surface area contributed by atoms with Crippen molar-refractivity contribution in [1.82, 2.24) is 14.7 Å². The molecule has 16 heavy (non-hydrogen) atoms. The van der Waals surface area contributed by atoms with E-state index >= 15 is 0 Å². The van der Waals surface area contributed by atoms with Gasteiger partial charge < -0.3 is 10.5 Å². The Morgan fingerprint density at radius 1 is 1.62 bits per heavy atom. The van der Waals surface area contributed by atoms with Gasteiger partial charge in [-0.05, 0) is 14.0 Å². The number of ether oxygens (including phenoxy) is 1. The highest BCUT2D eigenvalue weighted by atomic mass is 16.5. The molecule has 0 aliphatic rings. The Morgan fingerprint density at radius 3 is 2.75 bits per heavy atom. The lowest BCUT2D eigenvalue weighted by atomic mass is 10.1. The summed E-state index contributed by atoms with van der Waals surface area (Å²) in [5.74, 6) is 0. The van der Waals surface area contributed by atoms with E-state index in [2.05, 4.69) is 24.0 Å². The van der Waals surface area contributed by atoms with Gasteiger partial charge in [-0.15, -0.1) is 0 Å². The van der Waals surface area contributed by atoms with Crippen molar-refractivity contribution in [2.75, 3.05) is 33.9 Å². The van der Waals surface area contributed by atoms with Crippen LogP contribution in [0.5, 0.6) is 0 Å². The van der Waals surface area contributed by atoms with Crippen molar-refractivity contribution in [2.45, 2.75) is 13.0 Å². The van der Waals surface area contributed by atoms with E-state index in [4.69, 9.17) is 10.5 Å². The molecule has 0 saturated heterocycles. The van der Waals surface area contributed by atoms with Crippen LogP contribution in [0.3, 0.4) is 0 Å². The van der Waals surface area contributed by atoms with E-state index in [9.17, 15) is 0 Å². The third kappa shape index (κ3) is 2.81. The van der Waals surface area contributed by atoms with Gasteiger partial charge in [0.1, 0.15) is 0 Å². The molecule has 0 spiro atoms. The molecule has 1 aromatic heterocycles. The number of likely N-dealkylation sites (N-methyl/N-ethyl adjacent to an activating group) is 1. The van der Waals surface area contributed by atoms with Crippen molar-refractivity contribution < 1.29 is 4.74 Å². The average molecular weight is 226 g/mol. The monoisotopic (exact) mass is 226 g/mol. The van der Waals surface area contributed by atoms with Gasteiger partial charge in [-0.3, -0.25) is 9.58 Å². The summed E-state index contributed by atoms with van der Waals surface area (Å²) in [6, 6.07) is 0.212. The average Bonchev–Trinajstić information content (AvgIpc) is 2.59. The normalized spacial score (nSPS) is 13.4. The fraction of sp³-hybridized carbons (Fsp3) is 0.727. The number of nitrogens with zero attached hydrogens (tertiary/aromatic N) is 3. The number of aromatic nitrogens is 2. The van der Waals surface area contributed by atoms with Gasteiger partial charge in [0.25, 0.3) is 0 Å². The van der Waals surface area contributed by atoms with Crippen LogP contribution < -0.4 is 5.73 Å². The van der Waals surface area contributed by atoms with E-state index in [1.807, 2.05) is 17.9 Å². The van der Waals surface area contributed by atoms with Gasteiger partial charge in [-0.25, -0.2) is 0 Å². The summed E-state index contributed by atoms with van der Waals surface area (Å²) < 4.78 is 6.95. The Bertz CT molecular complexity index is 324. The largest absolute Gasteiger partial charge is 0.383 e. The minimum absolute atomic E-state index is 0.212. The van der Waals surface area contributed by atoms with Gasteiger partial charge in [-0.1, -0.05) is 0 Å². The van der Waals surface area contributed by atoms with Crippen LogP contribution in [0.1, 0.15) is 17.3 Å². The molecule has 0 fully saturated rings. The van der Waals surface area contributed by atoms with E-state index in [0.29, 0.717) is 13.2 Å². The molecule has 0 aromatic carbocycles. The highest BCUT2D eigenvalue weighted by Gasteiger charge is 2.19. The van der Waals surface area contributed by atoms with Crippen LogP contribution in [0.4, 0.5) is 0 Å². The first-order valence-corrected chi connectivity index (χ1v) is 5.49. The van der Waals surface area contributed by atoms with E-state index in [-0.39, 0.29) is 6.04 Å². The first kappa shape index (κ1) is 13.2. The van der Waals surface area contributed by atoms with E-state index in [1.54, 1.807) is 7.11 Å². The molecular weight excluding hydrogens is 204 g/mol. The molecule has 0 aliphatic heterocycles. The molecule has 2 N–H and O–H groups in total. The second kappa shape index (κ2) is 5.98. The molecule has 0 saturated carbocycles. The first-order chi connectivity index (χ1) is 7.61. The summed E-state index contributed by atoms with van der Waals surface area (Å²) in [5.41, 5.74) is 8.20. The Hall–Kier alpha value is -0.910. The number of methoxy groups -OCH3 is 1. The minimum Gasteiger partial charge on any atom is -0.383 e. The van der Waals surface area contributed by atoms with Gasteiger partial charge in [0.05, 0.1) is 18.8 Å². The third-order valence-corrected chi connectivity index (χ3v) is 3.04. The number of nitrogens with two attached hydrogens (primary N) is 1. The van der Waals surface area contributed by atoms with Crippen LogP contribution in [0.2, 0.25) is 0 Å². The Balaban J connectivity index is 2.77. The summed E-state index contributed by atoms with van der Waals surface area (Å²) in [6.07, 6.45) is 1.90. The summed E-state index contributed by atoms with van der Waals surface area (Å²) in [7, 11) is 5.71. The van der Waals surface area contributed by atoms with Gasteiger partial charge in [0, 0.05) is 38.5 Å². The molecule has 1 unspecified atom stereocenters. The SMILES string of the molecule is COCCN(C)C(CN)c1cnn(C)c1C.